The molecule has 0 heterocycles. The Morgan fingerprint density at radius 3 is 2.67 bits per heavy atom. The topological polar surface area (TPSA) is 12.5 Å². The summed E-state index contributed by atoms with van der Waals surface area (Å²) < 4.78 is 6.58. The van der Waals surface area contributed by atoms with Crippen molar-refractivity contribution < 1.29 is 4.74 Å². The Labute approximate surface area is 130 Å². The van der Waals surface area contributed by atoms with Crippen LogP contribution < -0.4 is 0 Å². The summed E-state index contributed by atoms with van der Waals surface area (Å²) >= 11 is 0. The molecule has 1 fully saturated rings. The molecule has 1 aromatic carbocycles. The van der Waals surface area contributed by atoms with Crippen molar-refractivity contribution in [3.63, 3.8) is 0 Å². The summed E-state index contributed by atoms with van der Waals surface area (Å²) in [5.74, 6) is 0.598. The van der Waals surface area contributed by atoms with E-state index in [-0.39, 0.29) is 5.60 Å². The van der Waals surface area contributed by atoms with Crippen molar-refractivity contribution in [2.75, 3.05) is 27.2 Å². The Bertz CT molecular complexity index is 443. The van der Waals surface area contributed by atoms with Crippen molar-refractivity contribution >= 4 is 0 Å². The summed E-state index contributed by atoms with van der Waals surface area (Å²) in [6.45, 7) is 6.43. The lowest BCUT2D eigenvalue weighted by molar-refractivity contribution is -0.113. The van der Waals surface area contributed by atoms with E-state index in [9.17, 15) is 0 Å². The highest BCUT2D eigenvalue weighted by molar-refractivity contribution is 5.33. The summed E-state index contributed by atoms with van der Waals surface area (Å²) in [6, 6.07) is 8.90. The van der Waals surface area contributed by atoms with E-state index in [0.29, 0.717) is 5.92 Å². The number of hydrogen-bond donors (Lipinski definition) is 0. The molecule has 1 aliphatic rings. The van der Waals surface area contributed by atoms with E-state index in [0.717, 1.165) is 19.6 Å². The first-order valence-corrected chi connectivity index (χ1v) is 8.47. The normalized spacial score (nSPS) is 26.2. The zero-order valence-corrected chi connectivity index (χ0v) is 14.2. The van der Waals surface area contributed by atoms with E-state index in [2.05, 4.69) is 57.1 Å². The molecule has 1 saturated carbocycles. The predicted molar refractivity (Wildman–Crippen MR) is 89.6 cm³/mol. The second-order valence-electron chi connectivity index (χ2n) is 6.70. The van der Waals surface area contributed by atoms with E-state index in [1.54, 1.807) is 0 Å². The predicted octanol–water partition coefficient (Wildman–Crippen LogP) is 4.23. The van der Waals surface area contributed by atoms with Crippen LogP contribution in [0.25, 0.3) is 0 Å². The number of benzene rings is 1. The van der Waals surface area contributed by atoms with Gasteiger partial charge in [-0.15, -0.1) is 0 Å². The molecule has 1 aliphatic carbocycles. The fraction of sp³-hybridized carbons (Fsp3) is 0.684. The highest BCUT2D eigenvalue weighted by Gasteiger charge is 2.41. The molecule has 118 valence electrons. The summed E-state index contributed by atoms with van der Waals surface area (Å²) in [6.07, 6.45) is 6.15. The summed E-state index contributed by atoms with van der Waals surface area (Å²) in [7, 11) is 4.22. The van der Waals surface area contributed by atoms with Crippen molar-refractivity contribution in [2.24, 2.45) is 5.92 Å². The average molecular weight is 289 g/mol. The SMILES string of the molecule is CCc1ccccc1C1(OCCN(C)C)CCCCC1C. The number of ether oxygens (including phenoxy) is 1. The first-order valence-electron chi connectivity index (χ1n) is 8.47. The number of hydrogen-bond acceptors (Lipinski definition) is 2. The second kappa shape index (κ2) is 7.42. The van der Waals surface area contributed by atoms with Gasteiger partial charge in [0.25, 0.3) is 0 Å². The quantitative estimate of drug-likeness (QED) is 0.777. The zero-order valence-electron chi connectivity index (χ0n) is 14.2. The van der Waals surface area contributed by atoms with Crippen LogP contribution in [0.5, 0.6) is 0 Å². The van der Waals surface area contributed by atoms with E-state index in [1.165, 1.54) is 36.8 Å². The van der Waals surface area contributed by atoms with Gasteiger partial charge in [0.15, 0.2) is 0 Å². The minimum Gasteiger partial charge on any atom is -0.369 e. The van der Waals surface area contributed by atoms with E-state index in [1.807, 2.05) is 0 Å². The van der Waals surface area contributed by atoms with Gasteiger partial charge in [0.05, 0.1) is 12.2 Å². The summed E-state index contributed by atoms with van der Waals surface area (Å²) in [4.78, 5) is 2.20. The lowest BCUT2D eigenvalue weighted by atomic mass is 9.70. The maximum absolute atomic E-state index is 6.58. The molecule has 2 heteroatoms. The summed E-state index contributed by atoms with van der Waals surface area (Å²) in [5, 5.41) is 0. The maximum atomic E-state index is 6.58. The van der Waals surface area contributed by atoms with Crippen molar-refractivity contribution in [1.29, 1.82) is 0 Å². The van der Waals surface area contributed by atoms with E-state index >= 15 is 0 Å². The smallest absolute Gasteiger partial charge is 0.0959 e. The molecule has 0 radical (unpaired) electrons. The van der Waals surface area contributed by atoms with Gasteiger partial charge in [0.2, 0.25) is 0 Å². The molecule has 2 atom stereocenters. The Balaban J connectivity index is 2.30. The van der Waals surface area contributed by atoms with Crippen LogP contribution in [0.15, 0.2) is 24.3 Å². The van der Waals surface area contributed by atoms with Gasteiger partial charge < -0.3 is 9.64 Å². The highest BCUT2D eigenvalue weighted by Crippen LogP contribution is 2.45. The fourth-order valence-electron chi connectivity index (χ4n) is 3.66. The third kappa shape index (κ3) is 3.67. The van der Waals surface area contributed by atoms with Gasteiger partial charge in [-0.2, -0.15) is 0 Å². The molecule has 0 amide bonds. The standard InChI is InChI=1S/C19H31NO/c1-5-17-11-6-7-12-18(17)19(21-15-14-20(3)4)13-9-8-10-16(19)2/h6-7,11-12,16H,5,8-10,13-15H2,1-4H3. The van der Waals surface area contributed by atoms with E-state index in [4.69, 9.17) is 4.74 Å². The molecule has 0 aromatic heterocycles. The molecule has 0 saturated heterocycles. The molecule has 1 aromatic rings. The van der Waals surface area contributed by atoms with Gasteiger partial charge in [0.1, 0.15) is 0 Å². The number of nitrogens with zero attached hydrogens (tertiary/aromatic N) is 1. The van der Waals surface area contributed by atoms with Gasteiger partial charge in [-0.3, -0.25) is 0 Å². The Morgan fingerprint density at radius 2 is 2.00 bits per heavy atom. The Morgan fingerprint density at radius 1 is 1.24 bits per heavy atom. The maximum Gasteiger partial charge on any atom is 0.0959 e. The lowest BCUT2D eigenvalue weighted by Crippen LogP contribution is -2.41. The highest BCUT2D eigenvalue weighted by atomic mass is 16.5. The summed E-state index contributed by atoms with van der Waals surface area (Å²) in [5.41, 5.74) is 2.83. The van der Waals surface area contributed by atoms with Crippen LogP contribution in [0.3, 0.4) is 0 Å². The van der Waals surface area contributed by atoms with Crippen LogP contribution >= 0.6 is 0 Å². The minimum atomic E-state index is -0.0686. The Kier molecular flexibility index (Phi) is 5.83. The minimum absolute atomic E-state index is 0.0686. The van der Waals surface area contributed by atoms with Crippen LogP contribution in [-0.2, 0) is 16.8 Å². The van der Waals surface area contributed by atoms with Crippen LogP contribution in [0.1, 0.15) is 50.7 Å². The molecule has 21 heavy (non-hydrogen) atoms. The lowest BCUT2D eigenvalue weighted by Gasteiger charge is -2.44. The van der Waals surface area contributed by atoms with Crippen molar-refractivity contribution in [3.8, 4) is 0 Å². The van der Waals surface area contributed by atoms with Gasteiger partial charge in [0, 0.05) is 6.54 Å². The average Bonchev–Trinajstić information content (AvgIpc) is 2.49. The zero-order chi connectivity index (χ0) is 15.3. The fourth-order valence-corrected chi connectivity index (χ4v) is 3.66. The Hall–Kier alpha value is -0.860. The van der Waals surface area contributed by atoms with Crippen molar-refractivity contribution in [1.82, 2.24) is 4.90 Å². The second-order valence-corrected chi connectivity index (χ2v) is 6.70. The molecule has 2 rings (SSSR count). The number of aryl methyl sites for hydroxylation is 1. The van der Waals surface area contributed by atoms with Gasteiger partial charge in [-0.05, 0) is 50.4 Å². The number of likely N-dealkylation sites (N-methyl/N-ethyl adjacent to an activating group) is 1. The van der Waals surface area contributed by atoms with Gasteiger partial charge in [-0.25, -0.2) is 0 Å². The monoisotopic (exact) mass is 289 g/mol. The van der Waals surface area contributed by atoms with Crippen LogP contribution in [0, 0.1) is 5.92 Å². The first kappa shape index (κ1) is 16.5. The van der Waals surface area contributed by atoms with Crippen molar-refractivity contribution in [3.05, 3.63) is 35.4 Å². The third-order valence-electron chi connectivity index (χ3n) is 4.98. The molecular weight excluding hydrogens is 258 g/mol. The van der Waals surface area contributed by atoms with Crippen molar-refractivity contribution in [2.45, 2.75) is 51.6 Å². The number of rotatable bonds is 6. The van der Waals surface area contributed by atoms with Gasteiger partial charge in [-0.1, -0.05) is 51.0 Å². The molecule has 2 unspecified atom stereocenters. The van der Waals surface area contributed by atoms with Crippen LogP contribution in [-0.4, -0.2) is 32.1 Å². The van der Waals surface area contributed by atoms with E-state index < -0.39 is 0 Å². The van der Waals surface area contributed by atoms with Crippen LogP contribution in [0.2, 0.25) is 0 Å². The third-order valence-corrected chi connectivity index (χ3v) is 4.98. The molecule has 0 N–H and O–H groups in total. The molecular formula is C19H31NO. The largest absolute Gasteiger partial charge is 0.369 e. The molecule has 0 bridgehead atoms. The van der Waals surface area contributed by atoms with Crippen LogP contribution in [0.4, 0.5) is 0 Å². The first-order chi connectivity index (χ1) is 10.1. The molecule has 0 spiro atoms. The molecule has 0 aliphatic heterocycles. The molecule has 2 nitrogen and oxygen atoms in total. The van der Waals surface area contributed by atoms with Gasteiger partial charge >= 0.3 is 0 Å².